The molecule has 0 fully saturated rings. The monoisotopic (exact) mass is 348 g/mol. The molecule has 2 aromatic carbocycles. The highest BCUT2D eigenvalue weighted by atomic mass is 35.5. The number of phenolic OH excluding ortho intramolecular Hbond substituents is 1. The van der Waals surface area contributed by atoms with Crippen molar-refractivity contribution in [2.24, 2.45) is 0 Å². The van der Waals surface area contributed by atoms with E-state index in [0.717, 1.165) is 12.8 Å². The van der Waals surface area contributed by atoms with E-state index in [1.165, 1.54) is 19.6 Å². The first kappa shape index (κ1) is 18.1. The van der Waals surface area contributed by atoms with Gasteiger partial charge in [0, 0.05) is 0 Å². The summed E-state index contributed by atoms with van der Waals surface area (Å²) in [4.78, 5) is 11.8. The maximum Gasteiger partial charge on any atom is 0.205 e. The van der Waals surface area contributed by atoms with Crippen LogP contribution in [0.4, 0.5) is 0 Å². The zero-order valence-corrected chi connectivity index (χ0v) is 14.8. The molecule has 1 N–H and O–H groups in total. The molecule has 0 saturated carbocycles. The molecular weight excluding hydrogens is 328 g/mol. The number of hydrogen-bond donors (Lipinski definition) is 1. The number of halogens is 1. The number of phenols is 1. The number of ketones is 1. The summed E-state index contributed by atoms with van der Waals surface area (Å²) in [7, 11) is 1.45. The van der Waals surface area contributed by atoms with Crippen molar-refractivity contribution >= 4 is 17.4 Å². The Morgan fingerprint density at radius 1 is 1.21 bits per heavy atom. The van der Waals surface area contributed by atoms with Gasteiger partial charge in [0.1, 0.15) is 0 Å². The summed E-state index contributed by atoms with van der Waals surface area (Å²) in [6.07, 6.45) is 1.61. The van der Waals surface area contributed by atoms with Gasteiger partial charge in [0.2, 0.25) is 5.75 Å². The lowest BCUT2D eigenvalue weighted by atomic mass is 10.0. The van der Waals surface area contributed by atoms with Crippen LogP contribution in [0, 0.1) is 6.92 Å². The maximum absolute atomic E-state index is 11.8. The number of aryl methyl sites for hydroxylation is 1. The summed E-state index contributed by atoms with van der Waals surface area (Å²) in [5.74, 6) is -0.132. The number of rotatable bonds is 7. The van der Waals surface area contributed by atoms with Gasteiger partial charge in [-0.3, -0.25) is 4.79 Å². The topological polar surface area (TPSA) is 55.8 Å². The first-order chi connectivity index (χ1) is 11.5. The van der Waals surface area contributed by atoms with Crippen LogP contribution in [-0.4, -0.2) is 24.6 Å². The number of benzene rings is 2. The average Bonchev–Trinajstić information content (AvgIpc) is 2.56. The number of aromatic hydroxyl groups is 1. The third kappa shape index (κ3) is 3.82. The lowest BCUT2D eigenvalue weighted by molar-refractivity contribution is 0.101. The van der Waals surface area contributed by atoms with Crippen LogP contribution in [0.1, 0.15) is 34.8 Å². The number of methoxy groups -OCH3 is 1. The van der Waals surface area contributed by atoms with Crippen molar-refractivity contribution in [2.75, 3.05) is 13.7 Å². The number of Topliss-reactive ketones (excluding diaryl/α,β-unsaturated/α-hetero) is 1. The smallest absolute Gasteiger partial charge is 0.205 e. The first-order valence-corrected chi connectivity index (χ1v) is 8.11. The van der Waals surface area contributed by atoms with Crippen LogP contribution in [0.5, 0.6) is 17.2 Å². The van der Waals surface area contributed by atoms with Crippen molar-refractivity contribution < 1.29 is 19.4 Å². The minimum absolute atomic E-state index is 0.117. The van der Waals surface area contributed by atoms with E-state index in [0.29, 0.717) is 12.2 Å². The standard InChI is InChI=1S/C19H21ClO4/c1-12-15(13(2)21)17(22)19(18(23-3)16(12)20)24-11-7-10-14-8-5-4-6-9-14/h4-6,8-9,22H,7,10-11H2,1-3H3. The fourth-order valence-corrected chi connectivity index (χ4v) is 2.88. The molecule has 24 heavy (non-hydrogen) atoms. The third-order valence-electron chi connectivity index (χ3n) is 3.82. The number of carbonyl (C=O) groups is 1. The van der Waals surface area contributed by atoms with Gasteiger partial charge >= 0.3 is 0 Å². The van der Waals surface area contributed by atoms with E-state index in [1.54, 1.807) is 6.92 Å². The molecule has 0 aliphatic heterocycles. The highest BCUT2D eigenvalue weighted by Crippen LogP contribution is 2.47. The molecule has 0 heterocycles. The van der Waals surface area contributed by atoms with E-state index in [1.807, 2.05) is 18.2 Å². The second-order valence-electron chi connectivity index (χ2n) is 5.52. The van der Waals surface area contributed by atoms with Crippen molar-refractivity contribution in [1.29, 1.82) is 0 Å². The van der Waals surface area contributed by atoms with Crippen LogP contribution < -0.4 is 9.47 Å². The minimum atomic E-state index is -0.274. The molecule has 0 radical (unpaired) electrons. The Balaban J connectivity index is 2.18. The number of carbonyl (C=O) groups excluding carboxylic acids is 1. The molecule has 2 rings (SSSR count). The Hall–Kier alpha value is -2.20. The lowest BCUT2D eigenvalue weighted by Crippen LogP contribution is -2.06. The van der Waals surface area contributed by atoms with Gasteiger partial charge in [0.15, 0.2) is 17.3 Å². The Kier molecular flexibility index (Phi) is 6.10. The molecule has 0 bridgehead atoms. The second-order valence-corrected chi connectivity index (χ2v) is 5.90. The largest absolute Gasteiger partial charge is 0.504 e. The van der Waals surface area contributed by atoms with Crippen molar-refractivity contribution in [3.8, 4) is 17.2 Å². The fourth-order valence-electron chi connectivity index (χ4n) is 2.62. The van der Waals surface area contributed by atoms with Crippen molar-refractivity contribution in [2.45, 2.75) is 26.7 Å². The normalized spacial score (nSPS) is 10.5. The molecule has 2 aromatic rings. The summed E-state index contributed by atoms with van der Waals surface area (Å²) in [5, 5.41) is 10.7. The summed E-state index contributed by atoms with van der Waals surface area (Å²) in [5.41, 5.74) is 1.86. The second kappa shape index (κ2) is 8.06. The van der Waals surface area contributed by atoms with Crippen LogP contribution in [0.25, 0.3) is 0 Å². The first-order valence-electron chi connectivity index (χ1n) is 7.74. The van der Waals surface area contributed by atoms with Gasteiger partial charge in [-0.05, 0) is 37.8 Å². The fraction of sp³-hybridized carbons (Fsp3) is 0.316. The Labute approximate surface area is 147 Å². The minimum Gasteiger partial charge on any atom is -0.504 e. The predicted octanol–water partition coefficient (Wildman–Crippen LogP) is 4.58. The summed E-state index contributed by atoms with van der Waals surface area (Å²) < 4.78 is 11.0. The molecule has 0 aliphatic carbocycles. The predicted molar refractivity (Wildman–Crippen MR) is 94.7 cm³/mol. The van der Waals surface area contributed by atoms with E-state index in [2.05, 4.69) is 12.1 Å². The molecule has 0 aromatic heterocycles. The SMILES string of the molecule is COc1c(Cl)c(C)c(C(C)=O)c(O)c1OCCCc1ccccc1. The average molecular weight is 349 g/mol. The van der Waals surface area contributed by atoms with Gasteiger partial charge in [-0.1, -0.05) is 41.9 Å². The summed E-state index contributed by atoms with van der Waals surface area (Å²) in [6.45, 7) is 3.42. The highest BCUT2D eigenvalue weighted by molar-refractivity contribution is 6.34. The van der Waals surface area contributed by atoms with E-state index in [4.69, 9.17) is 21.1 Å². The van der Waals surface area contributed by atoms with Crippen LogP contribution in [0.15, 0.2) is 30.3 Å². The highest BCUT2D eigenvalue weighted by Gasteiger charge is 2.25. The molecule has 0 aliphatic rings. The van der Waals surface area contributed by atoms with Crippen molar-refractivity contribution in [3.63, 3.8) is 0 Å². The van der Waals surface area contributed by atoms with Gasteiger partial charge in [-0.15, -0.1) is 0 Å². The van der Waals surface area contributed by atoms with Crippen LogP contribution >= 0.6 is 11.6 Å². The number of ether oxygens (including phenoxy) is 2. The molecule has 128 valence electrons. The zero-order valence-electron chi connectivity index (χ0n) is 14.1. The van der Waals surface area contributed by atoms with E-state index < -0.39 is 0 Å². The van der Waals surface area contributed by atoms with Crippen LogP contribution in [0.2, 0.25) is 5.02 Å². The number of hydrogen-bond acceptors (Lipinski definition) is 4. The van der Waals surface area contributed by atoms with Crippen molar-refractivity contribution in [3.05, 3.63) is 52.0 Å². The zero-order chi connectivity index (χ0) is 17.7. The molecular formula is C19H21ClO4. The molecule has 0 amide bonds. The van der Waals surface area contributed by atoms with Crippen molar-refractivity contribution in [1.82, 2.24) is 0 Å². The summed E-state index contributed by atoms with van der Waals surface area (Å²) in [6, 6.07) is 10.1. The van der Waals surface area contributed by atoms with E-state index in [9.17, 15) is 9.90 Å². The molecule has 5 heteroatoms. The Morgan fingerprint density at radius 3 is 2.46 bits per heavy atom. The molecule has 0 atom stereocenters. The van der Waals surface area contributed by atoms with Gasteiger partial charge in [0.25, 0.3) is 0 Å². The molecule has 0 saturated heterocycles. The Morgan fingerprint density at radius 2 is 1.88 bits per heavy atom. The molecule has 0 spiro atoms. The van der Waals surface area contributed by atoms with E-state index in [-0.39, 0.29) is 33.6 Å². The Bertz CT molecular complexity index is 726. The lowest BCUT2D eigenvalue weighted by Gasteiger charge is -2.18. The van der Waals surface area contributed by atoms with Gasteiger partial charge in [-0.25, -0.2) is 0 Å². The maximum atomic E-state index is 11.8. The van der Waals surface area contributed by atoms with Gasteiger partial charge in [0.05, 0.1) is 24.3 Å². The molecule has 4 nitrogen and oxygen atoms in total. The van der Waals surface area contributed by atoms with Crippen LogP contribution in [-0.2, 0) is 6.42 Å². The third-order valence-corrected chi connectivity index (χ3v) is 4.27. The van der Waals surface area contributed by atoms with Crippen LogP contribution in [0.3, 0.4) is 0 Å². The van der Waals surface area contributed by atoms with E-state index >= 15 is 0 Å². The van der Waals surface area contributed by atoms with Gasteiger partial charge in [-0.2, -0.15) is 0 Å². The quantitative estimate of drug-likeness (QED) is 0.588. The molecule has 0 unspecified atom stereocenters. The summed E-state index contributed by atoms with van der Waals surface area (Å²) >= 11 is 6.26. The van der Waals surface area contributed by atoms with Gasteiger partial charge < -0.3 is 14.6 Å².